The van der Waals surface area contributed by atoms with Crippen LogP contribution in [-0.2, 0) is 24.6 Å². The van der Waals surface area contributed by atoms with Gasteiger partial charge in [-0.2, -0.15) is 18.3 Å². The molecule has 4 rings (SSSR count). The second kappa shape index (κ2) is 8.89. The summed E-state index contributed by atoms with van der Waals surface area (Å²) in [5.41, 5.74) is 0.0704. The van der Waals surface area contributed by atoms with E-state index in [4.69, 9.17) is 4.74 Å². The van der Waals surface area contributed by atoms with Crippen molar-refractivity contribution < 1.29 is 27.1 Å². The second-order valence-electron chi connectivity index (χ2n) is 7.23. The number of hydrogen-bond donors (Lipinski definition) is 1. The molecule has 0 saturated carbocycles. The van der Waals surface area contributed by atoms with Crippen LogP contribution in [0.2, 0.25) is 0 Å². The Balaban J connectivity index is 1.63. The predicted molar refractivity (Wildman–Crippen MR) is 113 cm³/mol. The van der Waals surface area contributed by atoms with Gasteiger partial charge in [-0.3, -0.25) is 4.79 Å². The average molecular weight is 458 g/mol. The second-order valence-corrected chi connectivity index (χ2v) is 7.23. The highest BCUT2D eigenvalue weighted by atomic mass is 19.4. The van der Waals surface area contributed by atoms with Gasteiger partial charge in [0.2, 0.25) is 0 Å². The molecule has 10 heteroatoms. The lowest BCUT2D eigenvalue weighted by Gasteiger charge is -2.15. The number of aryl methyl sites for hydroxylation is 1. The molecule has 33 heavy (non-hydrogen) atoms. The molecule has 0 spiro atoms. The topological polar surface area (TPSA) is 69.0 Å². The number of fused-ring (bicyclic) bond motifs is 1. The van der Waals surface area contributed by atoms with Gasteiger partial charge < -0.3 is 10.1 Å². The molecule has 0 aliphatic heterocycles. The van der Waals surface area contributed by atoms with E-state index in [0.29, 0.717) is 11.1 Å². The minimum atomic E-state index is -4.79. The number of amides is 1. The molecule has 1 amide bonds. The summed E-state index contributed by atoms with van der Waals surface area (Å²) in [5, 5.41) is 6.50. The molecule has 2 aromatic heterocycles. The van der Waals surface area contributed by atoms with Gasteiger partial charge >= 0.3 is 6.18 Å². The Morgan fingerprint density at radius 3 is 2.58 bits per heavy atom. The molecule has 2 heterocycles. The number of pyridine rings is 1. The zero-order valence-electron chi connectivity index (χ0n) is 17.4. The molecule has 6 nitrogen and oxygen atoms in total. The normalized spacial score (nSPS) is 11.5. The highest BCUT2D eigenvalue weighted by Gasteiger charge is 2.39. The van der Waals surface area contributed by atoms with Crippen molar-refractivity contribution in [2.24, 2.45) is 7.05 Å². The van der Waals surface area contributed by atoms with E-state index in [0.717, 1.165) is 6.20 Å². The number of hydrogen-bond acceptors (Lipinski definition) is 4. The first-order valence-electron chi connectivity index (χ1n) is 9.86. The quantitative estimate of drug-likeness (QED) is 0.433. The minimum absolute atomic E-state index is 0.00409. The standard InChI is InChI=1S/C23H18F4N4O2/c1-31-22-19(21(30-31)15-7-3-2-4-8-15)20(23(25,26)27)17(12-29-22)33-13-18(32)28-11-14-6-5-9-16(24)10-14/h2-10,12H,11,13H2,1H3,(H,28,32). The zero-order chi connectivity index (χ0) is 23.6. The largest absolute Gasteiger partial charge is 0.481 e. The highest BCUT2D eigenvalue weighted by Crippen LogP contribution is 2.43. The van der Waals surface area contributed by atoms with E-state index in [9.17, 15) is 22.4 Å². The van der Waals surface area contributed by atoms with Crippen molar-refractivity contribution in [3.63, 3.8) is 0 Å². The van der Waals surface area contributed by atoms with Crippen molar-refractivity contribution in [3.05, 3.63) is 77.7 Å². The van der Waals surface area contributed by atoms with Crippen molar-refractivity contribution in [3.8, 4) is 17.0 Å². The van der Waals surface area contributed by atoms with Crippen LogP contribution < -0.4 is 10.1 Å². The fourth-order valence-corrected chi connectivity index (χ4v) is 3.43. The molecule has 0 atom stereocenters. The first-order valence-corrected chi connectivity index (χ1v) is 9.86. The molecule has 0 saturated heterocycles. The van der Waals surface area contributed by atoms with Crippen LogP contribution in [0.25, 0.3) is 22.3 Å². The van der Waals surface area contributed by atoms with E-state index in [1.54, 1.807) is 36.4 Å². The maximum absolute atomic E-state index is 14.1. The summed E-state index contributed by atoms with van der Waals surface area (Å²) >= 11 is 0. The SMILES string of the molecule is Cn1nc(-c2ccccc2)c2c(C(F)(F)F)c(OCC(=O)NCc3cccc(F)c3)cnc21. The number of ether oxygens (including phenoxy) is 1. The van der Waals surface area contributed by atoms with Gasteiger partial charge in [0.25, 0.3) is 5.91 Å². The minimum Gasteiger partial charge on any atom is -0.481 e. The van der Waals surface area contributed by atoms with Crippen LogP contribution >= 0.6 is 0 Å². The first kappa shape index (κ1) is 22.3. The summed E-state index contributed by atoms with van der Waals surface area (Å²) in [4.78, 5) is 16.2. The molecule has 170 valence electrons. The molecule has 4 aromatic rings. The Bertz CT molecular complexity index is 1300. The number of aromatic nitrogens is 3. The van der Waals surface area contributed by atoms with Gasteiger partial charge in [0.1, 0.15) is 17.1 Å². The summed E-state index contributed by atoms with van der Waals surface area (Å²) in [6, 6.07) is 14.0. The monoisotopic (exact) mass is 458 g/mol. The van der Waals surface area contributed by atoms with Crippen LogP contribution in [-0.4, -0.2) is 27.3 Å². The van der Waals surface area contributed by atoms with Gasteiger partial charge in [-0.1, -0.05) is 42.5 Å². The predicted octanol–water partition coefficient (Wildman–Crippen LogP) is 4.49. The van der Waals surface area contributed by atoms with Gasteiger partial charge in [-0.05, 0) is 17.7 Å². The third-order valence-electron chi connectivity index (χ3n) is 4.89. The molecule has 0 fully saturated rings. The van der Waals surface area contributed by atoms with Crippen molar-refractivity contribution in [2.75, 3.05) is 6.61 Å². The van der Waals surface area contributed by atoms with Gasteiger partial charge in [0.15, 0.2) is 18.0 Å². The lowest BCUT2D eigenvalue weighted by Crippen LogP contribution is -2.29. The van der Waals surface area contributed by atoms with Gasteiger partial charge in [0, 0.05) is 19.2 Å². The number of carbonyl (C=O) groups is 1. The van der Waals surface area contributed by atoms with Gasteiger partial charge in [-0.15, -0.1) is 0 Å². The zero-order valence-corrected chi connectivity index (χ0v) is 17.4. The Morgan fingerprint density at radius 1 is 1.12 bits per heavy atom. The molecule has 0 aliphatic carbocycles. The summed E-state index contributed by atoms with van der Waals surface area (Å²) < 4.78 is 62.2. The van der Waals surface area contributed by atoms with E-state index in [-0.39, 0.29) is 23.3 Å². The smallest absolute Gasteiger partial charge is 0.420 e. The third-order valence-corrected chi connectivity index (χ3v) is 4.89. The molecule has 0 bridgehead atoms. The maximum Gasteiger partial charge on any atom is 0.420 e. The summed E-state index contributed by atoms with van der Waals surface area (Å²) in [5.74, 6) is -1.71. The Kier molecular flexibility index (Phi) is 5.99. The van der Waals surface area contributed by atoms with E-state index in [1.165, 1.54) is 29.9 Å². The van der Waals surface area contributed by atoms with Crippen LogP contribution in [0, 0.1) is 5.82 Å². The summed E-state index contributed by atoms with van der Waals surface area (Å²) in [6.45, 7) is -0.670. The van der Waals surface area contributed by atoms with Crippen LogP contribution in [0.5, 0.6) is 5.75 Å². The van der Waals surface area contributed by atoms with Crippen LogP contribution in [0.1, 0.15) is 11.1 Å². The fourth-order valence-electron chi connectivity index (χ4n) is 3.43. The highest BCUT2D eigenvalue weighted by molar-refractivity contribution is 5.95. The van der Waals surface area contributed by atoms with Crippen molar-refractivity contribution >= 4 is 16.9 Å². The first-order chi connectivity index (χ1) is 15.7. The number of nitrogens with one attached hydrogen (secondary N) is 1. The lowest BCUT2D eigenvalue weighted by molar-refractivity contribution is -0.138. The van der Waals surface area contributed by atoms with Crippen molar-refractivity contribution in [1.29, 1.82) is 0 Å². The van der Waals surface area contributed by atoms with Gasteiger partial charge in [-0.25, -0.2) is 14.1 Å². The summed E-state index contributed by atoms with van der Waals surface area (Å²) in [7, 11) is 1.50. The molecular formula is C23H18F4N4O2. The van der Waals surface area contributed by atoms with E-state index in [1.807, 2.05) is 0 Å². The van der Waals surface area contributed by atoms with Crippen LogP contribution in [0.4, 0.5) is 17.6 Å². The average Bonchev–Trinajstić information content (AvgIpc) is 3.12. The number of nitrogens with zero attached hydrogens (tertiary/aromatic N) is 3. The van der Waals surface area contributed by atoms with Gasteiger partial charge in [0.05, 0.1) is 11.6 Å². The number of benzene rings is 2. The van der Waals surface area contributed by atoms with E-state index >= 15 is 0 Å². The van der Waals surface area contributed by atoms with E-state index in [2.05, 4.69) is 15.4 Å². The van der Waals surface area contributed by atoms with Crippen LogP contribution in [0.3, 0.4) is 0 Å². The van der Waals surface area contributed by atoms with Crippen molar-refractivity contribution in [1.82, 2.24) is 20.1 Å². The van der Waals surface area contributed by atoms with E-state index < -0.39 is 35.8 Å². The molecule has 0 unspecified atom stereocenters. The number of carbonyl (C=O) groups excluding carboxylic acids is 1. The number of rotatable bonds is 6. The summed E-state index contributed by atoms with van der Waals surface area (Å²) in [6.07, 6.45) is -3.86. The van der Waals surface area contributed by atoms with Crippen molar-refractivity contribution in [2.45, 2.75) is 12.7 Å². The Morgan fingerprint density at radius 2 is 1.88 bits per heavy atom. The fraction of sp³-hybridized carbons (Fsp3) is 0.174. The number of halogens is 4. The molecule has 2 aromatic carbocycles. The Hall–Kier alpha value is -3.95. The van der Waals surface area contributed by atoms with Crippen LogP contribution in [0.15, 0.2) is 60.8 Å². The molecule has 0 radical (unpaired) electrons. The molecule has 1 N–H and O–H groups in total. The molecule has 0 aliphatic rings. The Labute approximate surface area is 185 Å². The number of alkyl halides is 3. The third kappa shape index (κ3) is 4.79. The molecular weight excluding hydrogens is 440 g/mol. The maximum atomic E-state index is 14.1. The lowest BCUT2D eigenvalue weighted by atomic mass is 10.0.